The highest BCUT2D eigenvalue weighted by Gasteiger charge is 2.22. The van der Waals surface area contributed by atoms with Crippen molar-refractivity contribution >= 4 is 5.91 Å². The molecule has 146 valence electrons. The molecular weight excluding hydrogens is 363 g/mol. The predicted molar refractivity (Wildman–Crippen MR) is 101 cm³/mol. The molecule has 7 heteroatoms. The van der Waals surface area contributed by atoms with Crippen molar-refractivity contribution in [3.63, 3.8) is 0 Å². The van der Waals surface area contributed by atoms with Crippen molar-refractivity contribution in [1.29, 1.82) is 0 Å². The summed E-state index contributed by atoms with van der Waals surface area (Å²) in [6, 6.07) is 13.4. The van der Waals surface area contributed by atoms with Gasteiger partial charge < -0.3 is 18.8 Å². The van der Waals surface area contributed by atoms with Crippen molar-refractivity contribution in [2.45, 2.75) is 19.6 Å². The summed E-state index contributed by atoms with van der Waals surface area (Å²) in [6.45, 7) is 1.83. The summed E-state index contributed by atoms with van der Waals surface area (Å²) in [5.41, 5.74) is 1.09. The number of para-hydroxylation sites is 1. The Morgan fingerprint density at radius 3 is 2.79 bits per heavy atom. The van der Waals surface area contributed by atoms with Gasteiger partial charge in [-0.15, -0.1) is 0 Å². The maximum absolute atomic E-state index is 13.6. The molecule has 1 amide bonds. The third-order valence-electron chi connectivity index (χ3n) is 4.44. The maximum Gasteiger partial charge on any atom is 0.276 e. The molecule has 0 bridgehead atoms. The molecule has 3 aromatic rings. The average Bonchev–Trinajstić information content (AvgIpc) is 3.20. The SMILES string of the molecule is COc1cccc(C(C)N(C)C(=O)c2coc(COc3ccccc3F)n2)c1. The van der Waals surface area contributed by atoms with Crippen LogP contribution < -0.4 is 9.47 Å². The zero-order valence-corrected chi connectivity index (χ0v) is 15.9. The van der Waals surface area contributed by atoms with Gasteiger partial charge in [-0.2, -0.15) is 0 Å². The lowest BCUT2D eigenvalue weighted by atomic mass is 10.1. The number of hydrogen-bond donors (Lipinski definition) is 0. The quantitative estimate of drug-likeness (QED) is 0.610. The Hall–Kier alpha value is -3.35. The van der Waals surface area contributed by atoms with E-state index in [-0.39, 0.29) is 35.9 Å². The van der Waals surface area contributed by atoms with Crippen LogP contribution >= 0.6 is 0 Å². The summed E-state index contributed by atoms with van der Waals surface area (Å²) in [6.07, 6.45) is 1.27. The van der Waals surface area contributed by atoms with Crippen LogP contribution in [0.2, 0.25) is 0 Å². The minimum Gasteiger partial charge on any atom is -0.497 e. The lowest BCUT2D eigenvalue weighted by molar-refractivity contribution is 0.0736. The summed E-state index contributed by atoms with van der Waals surface area (Å²) in [5, 5.41) is 0. The molecule has 28 heavy (non-hydrogen) atoms. The van der Waals surface area contributed by atoms with Crippen LogP contribution in [-0.2, 0) is 6.61 Å². The van der Waals surface area contributed by atoms with Gasteiger partial charge >= 0.3 is 0 Å². The number of carbonyl (C=O) groups excluding carboxylic acids is 1. The molecule has 1 heterocycles. The monoisotopic (exact) mass is 384 g/mol. The van der Waals surface area contributed by atoms with E-state index in [9.17, 15) is 9.18 Å². The van der Waals surface area contributed by atoms with Gasteiger partial charge in [0.15, 0.2) is 23.9 Å². The molecule has 0 aliphatic heterocycles. The molecule has 0 aliphatic carbocycles. The van der Waals surface area contributed by atoms with Crippen molar-refractivity contribution < 1.29 is 23.1 Å². The van der Waals surface area contributed by atoms with Gasteiger partial charge in [0, 0.05) is 7.05 Å². The molecule has 3 rings (SSSR count). The molecular formula is C21H21FN2O4. The highest BCUT2D eigenvalue weighted by molar-refractivity contribution is 5.92. The van der Waals surface area contributed by atoms with E-state index in [1.54, 1.807) is 31.2 Å². The first-order valence-corrected chi connectivity index (χ1v) is 8.72. The van der Waals surface area contributed by atoms with Crippen molar-refractivity contribution in [2.24, 2.45) is 0 Å². The number of amides is 1. The van der Waals surface area contributed by atoms with Crippen LogP contribution in [0.5, 0.6) is 11.5 Å². The number of halogens is 1. The van der Waals surface area contributed by atoms with Crippen molar-refractivity contribution in [2.75, 3.05) is 14.2 Å². The topological polar surface area (TPSA) is 64.8 Å². The van der Waals surface area contributed by atoms with Crippen LogP contribution in [0, 0.1) is 5.82 Å². The fraction of sp³-hybridized carbons (Fsp3) is 0.238. The first kappa shape index (κ1) is 19.4. The minimum absolute atomic E-state index is 0.0800. The number of ether oxygens (including phenoxy) is 2. The van der Waals surface area contributed by atoms with Gasteiger partial charge in [0.05, 0.1) is 13.2 Å². The molecule has 0 fully saturated rings. The lowest BCUT2D eigenvalue weighted by Crippen LogP contribution is -2.30. The van der Waals surface area contributed by atoms with Gasteiger partial charge in [0.25, 0.3) is 5.91 Å². The second kappa shape index (κ2) is 8.56. The van der Waals surface area contributed by atoms with E-state index in [0.29, 0.717) is 0 Å². The zero-order chi connectivity index (χ0) is 20.1. The van der Waals surface area contributed by atoms with E-state index in [2.05, 4.69) is 4.98 Å². The number of benzene rings is 2. The van der Waals surface area contributed by atoms with Crippen LogP contribution in [0.1, 0.15) is 34.9 Å². The van der Waals surface area contributed by atoms with Crippen LogP contribution in [-0.4, -0.2) is 29.9 Å². The summed E-state index contributed by atoms with van der Waals surface area (Å²) in [5.74, 6) is 0.235. The first-order valence-electron chi connectivity index (χ1n) is 8.72. The Morgan fingerprint density at radius 2 is 2.04 bits per heavy atom. The van der Waals surface area contributed by atoms with E-state index < -0.39 is 5.82 Å². The van der Waals surface area contributed by atoms with E-state index in [0.717, 1.165) is 11.3 Å². The lowest BCUT2D eigenvalue weighted by Gasteiger charge is -2.24. The normalized spacial score (nSPS) is 11.7. The second-order valence-corrected chi connectivity index (χ2v) is 6.21. The predicted octanol–water partition coefficient (Wildman–Crippen LogP) is 4.23. The molecule has 1 aromatic heterocycles. The number of nitrogens with zero attached hydrogens (tertiary/aromatic N) is 2. The Kier molecular flexibility index (Phi) is 5.93. The van der Waals surface area contributed by atoms with Crippen LogP contribution in [0.15, 0.2) is 59.2 Å². The van der Waals surface area contributed by atoms with Crippen molar-refractivity contribution in [1.82, 2.24) is 9.88 Å². The van der Waals surface area contributed by atoms with Gasteiger partial charge in [-0.1, -0.05) is 24.3 Å². The molecule has 0 spiro atoms. The largest absolute Gasteiger partial charge is 0.497 e. The van der Waals surface area contributed by atoms with Gasteiger partial charge in [-0.05, 0) is 36.8 Å². The molecule has 1 atom stereocenters. The fourth-order valence-corrected chi connectivity index (χ4v) is 2.66. The van der Waals surface area contributed by atoms with E-state index >= 15 is 0 Å². The average molecular weight is 384 g/mol. The van der Waals surface area contributed by atoms with Gasteiger partial charge in [0.2, 0.25) is 5.89 Å². The summed E-state index contributed by atoms with van der Waals surface area (Å²) in [7, 11) is 3.29. The minimum atomic E-state index is -0.475. The number of rotatable bonds is 7. The van der Waals surface area contributed by atoms with Gasteiger partial charge in [-0.3, -0.25) is 4.79 Å². The third-order valence-corrected chi connectivity index (χ3v) is 4.44. The number of hydrogen-bond acceptors (Lipinski definition) is 5. The smallest absolute Gasteiger partial charge is 0.276 e. The molecule has 0 saturated carbocycles. The molecule has 0 aliphatic rings. The Balaban J connectivity index is 1.66. The zero-order valence-electron chi connectivity index (χ0n) is 15.9. The van der Waals surface area contributed by atoms with E-state index in [1.807, 2.05) is 31.2 Å². The molecule has 0 radical (unpaired) electrons. The number of oxazole rings is 1. The summed E-state index contributed by atoms with van der Waals surface area (Å²) >= 11 is 0. The molecule has 0 saturated heterocycles. The second-order valence-electron chi connectivity index (χ2n) is 6.21. The summed E-state index contributed by atoms with van der Waals surface area (Å²) < 4.78 is 29.5. The Morgan fingerprint density at radius 1 is 1.25 bits per heavy atom. The Bertz CT molecular complexity index is 957. The third kappa shape index (κ3) is 4.31. The number of carbonyl (C=O) groups is 1. The van der Waals surface area contributed by atoms with Crippen molar-refractivity contribution in [3.05, 3.63) is 77.8 Å². The Labute approximate surface area is 162 Å². The van der Waals surface area contributed by atoms with Crippen LogP contribution in [0.25, 0.3) is 0 Å². The van der Waals surface area contributed by atoms with Crippen LogP contribution in [0.4, 0.5) is 4.39 Å². The van der Waals surface area contributed by atoms with Crippen molar-refractivity contribution in [3.8, 4) is 11.5 Å². The van der Waals surface area contributed by atoms with Gasteiger partial charge in [-0.25, -0.2) is 9.37 Å². The van der Waals surface area contributed by atoms with Gasteiger partial charge in [0.1, 0.15) is 12.0 Å². The van der Waals surface area contributed by atoms with E-state index in [4.69, 9.17) is 13.9 Å². The van der Waals surface area contributed by atoms with Crippen LogP contribution in [0.3, 0.4) is 0 Å². The summed E-state index contributed by atoms with van der Waals surface area (Å²) in [4.78, 5) is 18.4. The molecule has 1 unspecified atom stereocenters. The standard InChI is InChI=1S/C21H21FN2O4/c1-14(15-7-6-8-16(11-15)26-3)24(2)21(25)18-12-28-20(23-18)13-27-19-10-5-4-9-17(19)22/h4-12,14H,13H2,1-3H3. The molecule has 6 nitrogen and oxygen atoms in total. The fourth-order valence-electron chi connectivity index (χ4n) is 2.66. The highest BCUT2D eigenvalue weighted by Crippen LogP contribution is 2.24. The first-order chi connectivity index (χ1) is 13.5. The number of aromatic nitrogens is 1. The van der Waals surface area contributed by atoms with E-state index in [1.165, 1.54) is 18.4 Å². The number of methoxy groups -OCH3 is 1. The highest BCUT2D eigenvalue weighted by atomic mass is 19.1. The molecule has 0 N–H and O–H groups in total. The maximum atomic E-state index is 13.6. The molecule has 2 aromatic carbocycles.